The smallest absolute Gasteiger partial charge is 0.0843 e. The molecule has 0 spiro atoms. The molecule has 0 amide bonds. The normalized spacial score (nSPS) is 35.3. The Balaban J connectivity index is 2.44. The third-order valence-electron chi connectivity index (χ3n) is 2.57. The van der Waals surface area contributed by atoms with Crippen molar-refractivity contribution in [1.29, 1.82) is 0 Å². The van der Waals surface area contributed by atoms with Gasteiger partial charge in [-0.3, -0.25) is 0 Å². The highest BCUT2D eigenvalue weighted by molar-refractivity contribution is 4.84. The van der Waals surface area contributed by atoms with Crippen LogP contribution in [0.3, 0.4) is 0 Å². The van der Waals surface area contributed by atoms with E-state index in [2.05, 4.69) is 27.7 Å². The fourth-order valence-corrected chi connectivity index (χ4v) is 1.87. The molecule has 1 aliphatic rings. The first-order valence-corrected chi connectivity index (χ1v) is 5.26. The fourth-order valence-electron chi connectivity index (χ4n) is 1.87. The van der Waals surface area contributed by atoms with Crippen LogP contribution in [0, 0.1) is 5.41 Å². The second-order valence-corrected chi connectivity index (χ2v) is 5.27. The molecule has 0 aromatic rings. The summed E-state index contributed by atoms with van der Waals surface area (Å²) >= 11 is 0. The summed E-state index contributed by atoms with van der Waals surface area (Å²) in [4.78, 5) is 0. The van der Waals surface area contributed by atoms with Gasteiger partial charge in [-0.25, -0.2) is 0 Å². The van der Waals surface area contributed by atoms with Crippen molar-refractivity contribution in [3.8, 4) is 0 Å². The highest BCUT2D eigenvalue weighted by Crippen LogP contribution is 2.31. The Morgan fingerprint density at radius 1 is 1.38 bits per heavy atom. The Hall–Kier alpha value is -0.0800. The molecular formula is C11H22O2. The van der Waals surface area contributed by atoms with E-state index in [0.29, 0.717) is 0 Å². The van der Waals surface area contributed by atoms with E-state index in [1.54, 1.807) is 0 Å². The van der Waals surface area contributed by atoms with E-state index < -0.39 is 0 Å². The quantitative estimate of drug-likeness (QED) is 0.717. The molecule has 1 saturated heterocycles. The molecule has 0 aromatic heterocycles. The number of aliphatic hydroxyl groups excluding tert-OH is 1. The van der Waals surface area contributed by atoms with Crippen LogP contribution in [0.4, 0.5) is 0 Å². The molecule has 0 bridgehead atoms. The third kappa shape index (κ3) is 3.28. The van der Waals surface area contributed by atoms with Crippen LogP contribution < -0.4 is 0 Å². The predicted octanol–water partition coefficient (Wildman–Crippen LogP) is 2.35. The number of rotatable bonds is 2. The Labute approximate surface area is 81.3 Å². The van der Waals surface area contributed by atoms with Crippen molar-refractivity contribution in [3.63, 3.8) is 0 Å². The van der Waals surface area contributed by atoms with Gasteiger partial charge < -0.3 is 9.84 Å². The lowest BCUT2D eigenvalue weighted by Crippen LogP contribution is -2.26. The lowest BCUT2D eigenvalue weighted by molar-refractivity contribution is -0.0129. The highest BCUT2D eigenvalue weighted by atomic mass is 16.5. The minimum absolute atomic E-state index is 0.0601. The molecule has 2 heteroatoms. The Morgan fingerprint density at radius 3 is 2.38 bits per heavy atom. The topological polar surface area (TPSA) is 29.5 Å². The average molecular weight is 186 g/mol. The average Bonchev–Trinajstić information content (AvgIpc) is 2.29. The number of ether oxygens (including phenoxy) is 1. The second kappa shape index (κ2) is 3.97. The van der Waals surface area contributed by atoms with E-state index in [0.717, 1.165) is 19.3 Å². The third-order valence-corrected chi connectivity index (χ3v) is 2.57. The minimum atomic E-state index is -0.246. The van der Waals surface area contributed by atoms with Crippen LogP contribution in [0.1, 0.15) is 47.0 Å². The van der Waals surface area contributed by atoms with Crippen LogP contribution in [0.25, 0.3) is 0 Å². The van der Waals surface area contributed by atoms with Gasteiger partial charge in [-0.1, -0.05) is 27.7 Å². The molecule has 0 radical (unpaired) electrons. The molecule has 0 saturated carbocycles. The monoisotopic (exact) mass is 186 g/mol. The van der Waals surface area contributed by atoms with E-state index in [1.165, 1.54) is 0 Å². The van der Waals surface area contributed by atoms with Gasteiger partial charge in [-0.2, -0.15) is 0 Å². The van der Waals surface area contributed by atoms with Crippen LogP contribution in [0.5, 0.6) is 0 Å². The second-order valence-electron chi connectivity index (χ2n) is 5.27. The van der Waals surface area contributed by atoms with Gasteiger partial charge in [0.25, 0.3) is 0 Å². The summed E-state index contributed by atoms with van der Waals surface area (Å²) in [7, 11) is 0. The van der Waals surface area contributed by atoms with Gasteiger partial charge in [0, 0.05) is 6.42 Å². The van der Waals surface area contributed by atoms with Gasteiger partial charge in [-0.15, -0.1) is 0 Å². The molecule has 78 valence electrons. The molecule has 0 aliphatic carbocycles. The predicted molar refractivity (Wildman–Crippen MR) is 53.6 cm³/mol. The van der Waals surface area contributed by atoms with Crippen LogP contribution >= 0.6 is 0 Å². The molecular weight excluding hydrogens is 164 g/mol. The highest BCUT2D eigenvalue weighted by Gasteiger charge is 2.35. The van der Waals surface area contributed by atoms with Crippen LogP contribution in [-0.4, -0.2) is 23.4 Å². The van der Waals surface area contributed by atoms with Gasteiger partial charge in [-0.05, 0) is 18.3 Å². The van der Waals surface area contributed by atoms with Gasteiger partial charge in [0.15, 0.2) is 0 Å². The minimum Gasteiger partial charge on any atom is -0.390 e. The van der Waals surface area contributed by atoms with E-state index in [1.807, 2.05) is 0 Å². The Bertz CT molecular complexity index is 160. The van der Waals surface area contributed by atoms with E-state index in [-0.39, 0.29) is 23.7 Å². The van der Waals surface area contributed by atoms with Crippen LogP contribution in [0.15, 0.2) is 0 Å². The largest absolute Gasteiger partial charge is 0.390 e. The summed E-state index contributed by atoms with van der Waals surface area (Å²) in [6, 6.07) is 0. The molecule has 3 unspecified atom stereocenters. The number of hydrogen-bond acceptors (Lipinski definition) is 2. The fraction of sp³-hybridized carbons (Fsp3) is 1.00. The van der Waals surface area contributed by atoms with Crippen molar-refractivity contribution >= 4 is 0 Å². The zero-order valence-electron chi connectivity index (χ0n) is 9.21. The zero-order chi connectivity index (χ0) is 10.1. The van der Waals surface area contributed by atoms with Crippen LogP contribution in [0.2, 0.25) is 0 Å². The van der Waals surface area contributed by atoms with Crippen molar-refractivity contribution < 1.29 is 9.84 Å². The van der Waals surface area contributed by atoms with Gasteiger partial charge in [0.05, 0.1) is 18.3 Å². The SMILES string of the molecule is CCC1CC(O)C(CC(C)(C)C)O1. The summed E-state index contributed by atoms with van der Waals surface area (Å²) < 4.78 is 5.75. The number of hydrogen-bond donors (Lipinski definition) is 1. The lowest BCUT2D eigenvalue weighted by Gasteiger charge is -2.24. The molecule has 1 rings (SSSR count). The van der Waals surface area contributed by atoms with E-state index in [9.17, 15) is 5.11 Å². The Kier molecular flexibility index (Phi) is 3.36. The Morgan fingerprint density at radius 2 is 2.00 bits per heavy atom. The number of aliphatic hydroxyl groups is 1. The summed E-state index contributed by atoms with van der Waals surface area (Å²) in [5.41, 5.74) is 0.244. The maximum Gasteiger partial charge on any atom is 0.0843 e. The summed E-state index contributed by atoms with van der Waals surface area (Å²) in [5, 5.41) is 9.73. The maximum atomic E-state index is 9.73. The van der Waals surface area contributed by atoms with Crippen molar-refractivity contribution in [1.82, 2.24) is 0 Å². The zero-order valence-corrected chi connectivity index (χ0v) is 9.21. The first-order valence-electron chi connectivity index (χ1n) is 5.26. The first kappa shape index (κ1) is 11.0. The molecule has 3 atom stereocenters. The molecule has 13 heavy (non-hydrogen) atoms. The van der Waals surface area contributed by atoms with Gasteiger partial charge in [0.2, 0.25) is 0 Å². The van der Waals surface area contributed by atoms with Crippen molar-refractivity contribution in [2.75, 3.05) is 0 Å². The lowest BCUT2D eigenvalue weighted by atomic mass is 9.87. The summed E-state index contributed by atoms with van der Waals surface area (Å²) in [5.74, 6) is 0. The molecule has 1 aliphatic heterocycles. The van der Waals surface area contributed by atoms with Crippen molar-refractivity contribution in [2.24, 2.45) is 5.41 Å². The van der Waals surface area contributed by atoms with Crippen LogP contribution in [-0.2, 0) is 4.74 Å². The maximum absolute atomic E-state index is 9.73. The molecule has 2 nitrogen and oxygen atoms in total. The standard InChI is InChI=1S/C11H22O2/c1-5-8-6-9(12)10(13-8)7-11(2,3)4/h8-10,12H,5-7H2,1-4H3. The summed E-state index contributed by atoms with van der Waals surface area (Å²) in [6.45, 7) is 8.66. The molecule has 0 aromatic carbocycles. The van der Waals surface area contributed by atoms with Crippen molar-refractivity contribution in [3.05, 3.63) is 0 Å². The molecule has 1 heterocycles. The van der Waals surface area contributed by atoms with Gasteiger partial charge in [0.1, 0.15) is 0 Å². The van der Waals surface area contributed by atoms with Gasteiger partial charge >= 0.3 is 0 Å². The van der Waals surface area contributed by atoms with E-state index >= 15 is 0 Å². The van der Waals surface area contributed by atoms with Crippen molar-refractivity contribution in [2.45, 2.75) is 65.3 Å². The molecule has 1 fully saturated rings. The molecule has 1 N–H and O–H groups in total. The summed E-state index contributed by atoms with van der Waals surface area (Å²) in [6.07, 6.45) is 2.87. The first-order chi connectivity index (χ1) is 5.92. The van der Waals surface area contributed by atoms with E-state index in [4.69, 9.17) is 4.74 Å².